The number of carbonyl (C=O) groups excluding carboxylic acids is 1. The number of halogens is 1. The van der Waals surface area contributed by atoms with Gasteiger partial charge in [0.1, 0.15) is 5.60 Å². The number of rotatable bonds is 4. The standard InChI is InChI=1S/C9H12BrNO4/c1-9(14,5-12)4-11-8(13)6-2-3-7(10)15-6/h2-3,12,14H,4-5H2,1H3,(H,11,13). The van der Waals surface area contributed by atoms with Gasteiger partial charge in [0.05, 0.1) is 6.61 Å². The Kier molecular flexibility index (Phi) is 3.90. The van der Waals surface area contributed by atoms with Crippen molar-refractivity contribution in [1.29, 1.82) is 0 Å². The van der Waals surface area contributed by atoms with Crippen molar-refractivity contribution in [1.82, 2.24) is 5.32 Å². The second kappa shape index (κ2) is 4.78. The molecule has 6 heteroatoms. The molecule has 0 saturated heterocycles. The van der Waals surface area contributed by atoms with E-state index in [0.717, 1.165) is 0 Å². The minimum atomic E-state index is -1.32. The molecule has 1 unspecified atom stereocenters. The molecule has 0 bridgehead atoms. The van der Waals surface area contributed by atoms with Crippen LogP contribution in [0.4, 0.5) is 0 Å². The third-order valence-corrected chi connectivity index (χ3v) is 2.19. The molecule has 3 N–H and O–H groups in total. The van der Waals surface area contributed by atoms with E-state index in [1.807, 2.05) is 0 Å². The number of carbonyl (C=O) groups is 1. The Morgan fingerprint density at radius 1 is 1.67 bits per heavy atom. The van der Waals surface area contributed by atoms with E-state index < -0.39 is 18.1 Å². The van der Waals surface area contributed by atoms with Crippen LogP contribution >= 0.6 is 15.9 Å². The lowest BCUT2D eigenvalue weighted by molar-refractivity contribution is 0.00299. The zero-order valence-electron chi connectivity index (χ0n) is 8.16. The second-order valence-electron chi connectivity index (χ2n) is 3.44. The number of nitrogens with one attached hydrogen (secondary N) is 1. The Bertz CT molecular complexity index is 348. The van der Waals surface area contributed by atoms with E-state index in [2.05, 4.69) is 21.2 Å². The number of aliphatic hydroxyl groups excluding tert-OH is 1. The van der Waals surface area contributed by atoms with Crippen LogP contribution in [0, 0.1) is 0 Å². The molecule has 1 heterocycles. The Morgan fingerprint density at radius 3 is 2.80 bits per heavy atom. The van der Waals surface area contributed by atoms with Crippen molar-refractivity contribution in [2.24, 2.45) is 0 Å². The van der Waals surface area contributed by atoms with Crippen molar-refractivity contribution in [2.45, 2.75) is 12.5 Å². The largest absolute Gasteiger partial charge is 0.444 e. The Morgan fingerprint density at radius 2 is 2.33 bits per heavy atom. The lowest BCUT2D eigenvalue weighted by atomic mass is 10.1. The van der Waals surface area contributed by atoms with Gasteiger partial charge in [-0.1, -0.05) is 0 Å². The van der Waals surface area contributed by atoms with E-state index in [1.54, 1.807) is 6.07 Å². The zero-order chi connectivity index (χ0) is 11.5. The summed E-state index contributed by atoms with van der Waals surface area (Å²) >= 11 is 3.07. The Hall–Kier alpha value is -0.850. The maximum Gasteiger partial charge on any atom is 0.287 e. The summed E-state index contributed by atoms with van der Waals surface area (Å²) in [5.41, 5.74) is -1.32. The SMILES string of the molecule is CC(O)(CO)CNC(=O)c1ccc(Br)o1. The Labute approximate surface area is 95.2 Å². The first-order valence-electron chi connectivity index (χ1n) is 4.31. The maximum atomic E-state index is 11.4. The van der Waals surface area contributed by atoms with Gasteiger partial charge in [-0.25, -0.2) is 0 Å². The van der Waals surface area contributed by atoms with Crippen LogP contribution in [0.2, 0.25) is 0 Å². The number of hydrogen-bond acceptors (Lipinski definition) is 4. The molecule has 0 aliphatic rings. The van der Waals surface area contributed by atoms with Gasteiger partial charge in [-0.05, 0) is 35.0 Å². The average molecular weight is 278 g/mol. The summed E-state index contributed by atoms with van der Waals surface area (Å²) in [7, 11) is 0. The maximum absolute atomic E-state index is 11.4. The van der Waals surface area contributed by atoms with E-state index in [1.165, 1.54) is 13.0 Å². The molecule has 1 amide bonds. The zero-order valence-corrected chi connectivity index (χ0v) is 9.74. The molecule has 0 spiro atoms. The molecule has 1 rings (SSSR count). The summed E-state index contributed by atoms with van der Waals surface area (Å²) < 4.78 is 5.46. The van der Waals surface area contributed by atoms with Gasteiger partial charge in [0.2, 0.25) is 0 Å². The smallest absolute Gasteiger partial charge is 0.287 e. The quantitative estimate of drug-likeness (QED) is 0.749. The molecule has 1 aromatic rings. The number of amides is 1. The van der Waals surface area contributed by atoms with Gasteiger partial charge in [-0.3, -0.25) is 4.79 Å². The monoisotopic (exact) mass is 277 g/mol. The fourth-order valence-electron chi connectivity index (χ4n) is 0.850. The molecule has 1 atom stereocenters. The highest BCUT2D eigenvalue weighted by molar-refractivity contribution is 9.10. The molecule has 84 valence electrons. The van der Waals surface area contributed by atoms with Crippen molar-refractivity contribution in [3.8, 4) is 0 Å². The van der Waals surface area contributed by atoms with Crippen LogP contribution in [0.3, 0.4) is 0 Å². The van der Waals surface area contributed by atoms with Crippen LogP contribution in [-0.4, -0.2) is 34.9 Å². The van der Waals surface area contributed by atoms with E-state index in [9.17, 15) is 9.90 Å². The summed E-state index contributed by atoms with van der Waals surface area (Å²) in [6.45, 7) is 0.959. The van der Waals surface area contributed by atoms with E-state index in [0.29, 0.717) is 4.67 Å². The number of aliphatic hydroxyl groups is 2. The topological polar surface area (TPSA) is 82.7 Å². The highest BCUT2D eigenvalue weighted by Gasteiger charge is 2.21. The average Bonchev–Trinajstić information content (AvgIpc) is 2.61. The van der Waals surface area contributed by atoms with Gasteiger partial charge < -0.3 is 19.9 Å². The number of hydrogen-bond donors (Lipinski definition) is 3. The second-order valence-corrected chi connectivity index (χ2v) is 4.22. The molecule has 1 aromatic heterocycles. The Balaban J connectivity index is 2.50. The highest BCUT2D eigenvalue weighted by atomic mass is 79.9. The first-order valence-corrected chi connectivity index (χ1v) is 5.11. The van der Waals surface area contributed by atoms with E-state index >= 15 is 0 Å². The summed E-state index contributed by atoms with van der Waals surface area (Å²) in [6, 6.07) is 3.10. The third-order valence-electron chi connectivity index (χ3n) is 1.77. The first-order chi connectivity index (χ1) is 6.94. The van der Waals surface area contributed by atoms with Crippen LogP contribution in [0.25, 0.3) is 0 Å². The van der Waals surface area contributed by atoms with Crippen LogP contribution in [-0.2, 0) is 0 Å². The summed E-state index contributed by atoms with van der Waals surface area (Å²) in [5.74, 6) is -0.287. The van der Waals surface area contributed by atoms with E-state index in [4.69, 9.17) is 9.52 Å². The minimum absolute atomic E-state index is 0.0410. The molecule has 0 aliphatic heterocycles. The fraction of sp³-hybridized carbons (Fsp3) is 0.444. The van der Waals surface area contributed by atoms with Crippen LogP contribution < -0.4 is 5.32 Å². The van der Waals surface area contributed by atoms with Crippen LogP contribution in [0.1, 0.15) is 17.5 Å². The van der Waals surface area contributed by atoms with Crippen molar-refractivity contribution in [2.75, 3.05) is 13.2 Å². The summed E-state index contributed by atoms with van der Waals surface area (Å²) in [5, 5.41) is 20.6. The molecule has 0 radical (unpaired) electrons. The van der Waals surface area contributed by atoms with Crippen molar-refractivity contribution < 1.29 is 19.4 Å². The molecule has 0 aromatic carbocycles. The first kappa shape index (κ1) is 12.2. The predicted molar refractivity (Wildman–Crippen MR) is 56.5 cm³/mol. The van der Waals surface area contributed by atoms with Gasteiger partial charge >= 0.3 is 0 Å². The van der Waals surface area contributed by atoms with Gasteiger partial charge in [-0.2, -0.15) is 0 Å². The highest BCUT2D eigenvalue weighted by Crippen LogP contribution is 2.13. The van der Waals surface area contributed by atoms with E-state index in [-0.39, 0.29) is 12.3 Å². The molecular formula is C9H12BrNO4. The summed E-state index contributed by atoms with van der Waals surface area (Å²) in [6.07, 6.45) is 0. The molecule has 5 nitrogen and oxygen atoms in total. The van der Waals surface area contributed by atoms with Crippen LogP contribution in [0.15, 0.2) is 21.2 Å². The summed E-state index contributed by atoms with van der Waals surface area (Å²) in [4.78, 5) is 11.4. The van der Waals surface area contributed by atoms with Crippen molar-refractivity contribution in [3.63, 3.8) is 0 Å². The lowest BCUT2D eigenvalue weighted by Crippen LogP contribution is -2.43. The predicted octanol–water partition coefficient (Wildman–Crippen LogP) is 0.515. The van der Waals surface area contributed by atoms with Crippen molar-refractivity contribution in [3.05, 3.63) is 22.6 Å². The van der Waals surface area contributed by atoms with Gasteiger partial charge in [0.15, 0.2) is 10.4 Å². The van der Waals surface area contributed by atoms with Crippen molar-refractivity contribution >= 4 is 21.8 Å². The van der Waals surface area contributed by atoms with Crippen LogP contribution in [0.5, 0.6) is 0 Å². The molecule has 0 fully saturated rings. The normalized spacial score (nSPS) is 14.7. The van der Waals surface area contributed by atoms with Gasteiger partial charge in [-0.15, -0.1) is 0 Å². The lowest BCUT2D eigenvalue weighted by Gasteiger charge is -2.19. The molecule has 0 aliphatic carbocycles. The number of furan rings is 1. The molecular weight excluding hydrogens is 266 g/mol. The minimum Gasteiger partial charge on any atom is -0.444 e. The third kappa shape index (κ3) is 3.65. The van der Waals surface area contributed by atoms with Gasteiger partial charge in [0.25, 0.3) is 5.91 Å². The molecule has 0 saturated carbocycles. The van der Waals surface area contributed by atoms with Gasteiger partial charge in [0, 0.05) is 6.54 Å². The fourth-order valence-corrected chi connectivity index (χ4v) is 1.16. The molecule has 15 heavy (non-hydrogen) atoms.